The Morgan fingerprint density at radius 3 is 2.50 bits per heavy atom. The number of halogens is 1. The van der Waals surface area contributed by atoms with E-state index in [-0.39, 0.29) is 4.90 Å². The van der Waals surface area contributed by atoms with E-state index in [0.717, 1.165) is 5.39 Å². The fourth-order valence-corrected chi connectivity index (χ4v) is 2.35. The average Bonchev–Trinajstić information content (AvgIpc) is 2.16. The number of hydrogen-bond donors (Lipinski definition) is 1. The molecule has 0 bridgehead atoms. The molecule has 0 heterocycles. The zero-order valence-electron chi connectivity index (χ0n) is 7.11. The van der Waals surface area contributed by atoms with Crippen LogP contribution in [-0.4, -0.2) is 8.42 Å². The van der Waals surface area contributed by atoms with Gasteiger partial charge in [0.05, 0.1) is 4.90 Å². The summed E-state index contributed by atoms with van der Waals surface area (Å²) in [5.74, 6) is 0. The van der Waals surface area contributed by atoms with Gasteiger partial charge in [0.25, 0.3) is 0 Å². The minimum atomic E-state index is -2.60. The van der Waals surface area contributed by atoms with Crippen LogP contribution >= 0.6 is 11.6 Å². The molecular weight excluding hydrogens is 220 g/mol. The highest BCUT2D eigenvalue weighted by molar-refractivity contribution is 7.72. The summed E-state index contributed by atoms with van der Waals surface area (Å²) < 4.78 is 21.9. The second-order valence-corrected chi connectivity index (χ2v) is 4.34. The SMILES string of the molecule is O=[SH](=O)c1cc(Cl)cc2ccccc12. The third-order valence-electron chi connectivity index (χ3n) is 2.00. The quantitative estimate of drug-likeness (QED) is 0.758. The Bertz CT molecular complexity index is 553. The summed E-state index contributed by atoms with van der Waals surface area (Å²) in [6, 6.07) is 10.5. The fourth-order valence-electron chi connectivity index (χ4n) is 1.41. The van der Waals surface area contributed by atoms with E-state index in [2.05, 4.69) is 0 Å². The highest BCUT2D eigenvalue weighted by atomic mass is 35.5. The molecule has 0 N–H and O–H groups in total. The van der Waals surface area contributed by atoms with Crippen LogP contribution in [0.25, 0.3) is 10.8 Å². The molecule has 0 aromatic heterocycles. The lowest BCUT2D eigenvalue weighted by atomic mass is 10.1. The molecule has 0 spiro atoms. The maximum Gasteiger partial charge on any atom is 0.168 e. The molecule has 72 valence electrons. The van der Waals surface area contributed by atoms with Crippen LogP contribution in [0.15, 0.2) is 41.3 Å². The Morgan fingerprint density at radius 1 is 1.07 bits per heavy atom. The molecule has 0 atom stereocenters. The molecule has 0 saturated heterocycles. The van der Waals surface area contributed by atoms with E-state index < -0.39 is 10.7 Å². The molecule has 0 saturated carbocycles. The van der Waals surface area contributed by atoms with E-state index in [9.17, 15) is 8.42 Å². The normalized spacial score (nSPS) is 11.0. The predicted octanol–water partition coefficient (Wildman–Crippen LogP) is 2.46. The summed E-state index contributed by atoms with van der Waals surface area (Å²) in [7, 11) is -2.60. The van der Waals surface area contributed by atoms with Crippen LogP contribution in [0, 0.1) is 0 Å². The molecule has 2 nitrogen and oxygen atoms in total. The van der Waals surface area contributed by atoms with Crippen LogP contribution in [0.5, 0.6) is 0 Å². The van der Waals surface area contributed by atoms with Crippen LogP contribution in [0.2, 0.25) is 5.02 Å². The van der Waals surface area contributed by atoms with Gasteiger partial charge in [0.15, 0.2) is 10.7 Å². The molecule has 4 heteroatoms. The summed E-state index contributed by atoms with van der Waals surface area (Å²) in [5.41, 5.74) is 0. The maximum atomic E-state index is 10.9. The van der Waals surface area contributed by atoms with Crippen molar-refractivity contribution in [1.82, 2.24) is 0 Å². The number of thiol groups is 1. The Hall–Kier alpha value is -1.06. The molecule has 14 heavy (non-hydrogen) atoms. The van der Waals surface area contributed by atoms with Gasteiger partial charge >= 0.3 is 0 Å². The Kier molecular flexibility index (Phi) is 2.44. The summed E-state index contributed by atoms with van der Waals surface area (Å²) in [6.45, 7) is 0. The molecule has 0 aliphatic rings. The molecule has 2 aromatic carbocycles. The lowest BCUT2D eigenvalue weighted by molar-refractivity contribution is 0.615. The van der Waals surface area contributed by atoms with E-state index >= 15 is 0 Å². The molecule has 2 aromatic rings. The monoisotopic (exact) mass is 226 g/mol. The van der Waals surface area contributed by atoms with Crippen molar-refractivity contribution in [2.75, 3.05) is 0 Å². The first-order chi connectivity index (χ1) is 6.68. The topological polar surface area (TPSA) is 34.1 Å². The Labute approximate surface area is 88.1 Å². The number of fused-ring (bicyclic) bond motifs is 1. The van der Waals surface area contributed by atoms with Gasteiger partial charge in [-0.3, -0.25) is 0 Å². The van der Waals surface area contributed by atoms with Gasteiger partial charge in [0.2, 0.25) is 0 Å². The minimum Gasteiger partial charge on any atom is -0.227 e. The van der Waals surface area contributed by atoms with E-state index in [1.165, 1.54) is 6.07 Å². The van der Waals surface area contributed by atoms with Crippen molar-refractivity contribution in [2.24, 2.45) is 0 Å². The van der Waals surface area contributed by atoms with Gasteiger partial charge in [-0.05, 0) is 17.5 Å². The van der Waals surface area contributed by atoms with Crippen LogP contribution in [0.3, 0.4) is 0 Å². The van der Waals surface area contributed by atoms with Gasteiger partial charge in [-0.25, -0.2) is 8.42 Å². The van der Waals surface area contributed by atoms with Crippen LogP contribution < -0.4 is 0 Å². The maximum absolute atomic E-state index is 10.9. The van der Waals surface area contributed by atoms with Crippen LogP contribution in [-0.2, 0) is 10.7 Å². The van der Waals surface area contributed by atoms with Gasteiger partial charge in [0, 0.05) is 10.4 Å². The van der Waals surface area contributed by atoms with Crippen molar-refractivity contribution >= 4 is 33.1 Å². The zero-order valence-corrected chi connectivity index (χ0v) is 8.76. The molecule has 0 aliphatic heterocycles. The molecule has 0 fully saturated rings. The summed E-state index contributed by atoms with van der Waals surface area (Å²) in [4.78, 5) is 0.281. The largest absolute Gasteiger partial charge is 0.227 e. The molecule has 0 radical (unpaired) electrons. The van der Waals surface area contributed by atoms with Crippen molar-refractivity contribution in [1.29, 1.82) is 0 Å². The zero-order chi connectivity index (χ0) is 10.1. The van der Waals surface area contributed by atoms with Crippen LogP contribution in [0.4, 0.5) is 0 Å². The number of rotatable bonds is 1. The number of hydrogen-bond acceptors (Lipinski definition) is 2. The molecule has 2 rings (SSSR count). The standard InChI is InChI=1S/C10H7ClO2S/c11-8-5-7-3-1-2-4-9(7)10(6-8)14(12)13/h1-6,14H. The van der Waals surface area contributed by atoms with Crippen molar-refractivity contribution in [2.45, 2.75) is 4.90 Å². The van der Waals surface area contributed by atoms with E-state index in [1.807, 2.05) is 12.1 Å². The van der Waals surface area contributed by atoms with Gasteiger partial charge < -0.3 is 0 Å². The summed E-state index contributed by atoms with van der Waals surface area (Å²) in [5, 5.41) is 2.00. The Balaban J connectivity index is 2.94. The summed E-state index contributed by atoms with van der Waals surface area (Å²) >= 11 is 5.80. The molecule has 0 unspecified atom stereocenters. The molecular formula is C10H7ClO2S. The predicted molar refractivity (Wildman–Crippen MR) is 57.5 cm³/mol. The second kappa shape index (κ2) is 3.59. The first kappa shape index (κ1) is 9.49. The number of benzene rings is 2. The lowest BCUT2D eigenvalue weighted by Gasteiger charge is -2.01. The van der Waals surface area contributed by atoms with Gasteiger partial charge in [-0.15, -0.1) is 0 Å². The minimum absolute atomic E-state index is 0.281. The highest BCUT2D eigenvalue weighted by Gasteiger charge is 2.04. The molecule has 0 aliphatic carbocycles. The van der Waals surface area contributed by atoms with Gasteiger partial charge in [-0.2, -0.15) is 0 Å². The molecule has 0 amide bonds. The fraction of sp³-hybridized carbons (Fsp3) is 0. The first-order valence-corrected chi connectivity index (χ1v) is 5.57. The lowest BCUT2D eigenvalue weighted by Crippen LogP contribution is -1.83. The first-order valence-electron chi connectivity index (χ1n) is 4.01. The van der Waals surface area contributed by atoms with E-state index in [1.54, 1.807) is 18.2 Å². The van der Waals surface area contributed by atoms with Gasteiger partial charge in [0.1, 0.15) is 0 Å². The van der Waals surface area contributed by atoms with Crippen molar-refractivity contribution in [3.63, 3.8) is 0 Å². The Morgan fingerprint density at radius 2 is 1.79 bits per heavy atom. The smallest absolute Gasteiger partial charge is 0.168 e. The summed E-state index contributed by atoms with van der Waals surface area (Å²) in [6.07, 6.45) is 0. The van der Waals surface area contributed by atoms with E-state index in [4.69, 9.17) is 11.6 Å². The van der Waals surface area contributed by atoms with Crippen LogP contribution in [0.1, 0.15) is 0 Å². The van der Waals surface area contributed by atoms with E-state index in [0.29, 0.717) is 10.4 Å². The van der Waals surface area contributed by atoms with Crippen molar-refractivity contribution in [3.8, 4) is 0 Å². The third-order valence-corrected chi connectivity index (χ3v) is 2.98. The average molecular weight is 227 g/mol. The third kappa shape index (κ3) is 1.61. The van der Waals surface area contributed by atoms with Crippen molar-refractivity contribution < 1.29 is 8.42 Å². The second-order valence-electron chi connectivity index (χ2n) is 2.90. The van der Waals surface area contributed by atoms with Crippen molar-refractivity contribution in [3.05, 3.63) is 41.4 Å². The van der Waals surface area contributed by atoms with Gasteiger partial charge in [-0.1, -0.05) is 35.9 Å². The highest BCUT2D eigenvalue weighted by Crippen LogP contribution is 2.24.